The SMILES string of the molecule is N#Cc1cc(Cl)nc(Nc2ccc(Br)cc2F)c1. The Morgan fingerprint density at radius 1 is 1.33 bits per heavy atom. The third kappa shape index (κ3) is 2.97. The molecule has 0 spiro atoms. The number of anilines is 2. The van der Waals surface area contributed by atoms with Crippen molar-refractivity contribution in [1.82, 2.24) is 4.98 Å². The number of halogens is 3. The summed E-state index contributed by atoms with van der Waals surface area (Å²) < 4.78 is 14.2. The summed E-state index contributed by atoms with van der Waals surface area (Å²) in [6.45, 7) is 0. The molecule has 0 bridgehead atoms. The maximum Gasteiger partial charge on any atom is 0.147 e. The van der Waals surface area contributed by atoms with Crippen molar-refractivity contribution in [2.75, 3.05) is 5.32 Å². The lowest BCUT2D eigenvalue weighted by Crippen LogP contribution is -1.97. The molecular formula is C12H6BrClFN3. The van der Waals surface area contributed by atoms with Gasteiger partial charge in [-0.3, -0.25) is 0 Å². The number of hydrogen-bond donors (Lipinski definition) is 1. The van der Waals surface area contributed by atoms with E-state index in [9.17, 15) is 4.39 Å². The maximum atomic E-state index is 13.6. The van der Waals surface area contributed by atoms with Crippen molar-refractivity contribution in [2.24, 2.45) is 0 Å². The first-order valence-corrected chi connectivity index (χ1v) is 6.05. The van der Waals surface area contributed by atoms with Gasteiger partial charge in [-0.2, -0.15) is 5.26 Å². The van der Waals surface area contributed by atoms with Crippen LogP contribution in [0.25, 0.3) is 0 Å². The Labute approximate surface area is 116 Å². The topological polar surface area (TPSA) is 48.7 Å². The molecule has 0 saturated heterocycles. The number of nitrogens with zero attached hydrogens (tertiary/aromatic N) is 2. The van der Waals surface area contributed by atoms with Crippen LogP contribution in [0.5, 0.6) is 0 Å². The second kappa shape index (κ2) is 5.34. The molecule has 1 aromatic carbocycles. The number of benzene rings is 1. The Morgan fingerprint density at radius 3 is 2.78 bits per heavy atom. The smallest absolute Gasteiger partial charge is 0.147 e. The molecule has 1 N–H and O–H groups in total. The number of pyridine rings is 1. The summed E-state index contributed by atoms with van der Waals surface area (Å²) in [5, 5.41) is 11.7. The van der Waals surface area contributed by atoms with E-state index in [1.54, 1.807) is 12.1 Å². The van der Waals surface area contributed by atoms with Crippen LogP contribution >= 0.6 is 27.5 Å². The molecule has 0 radical (unpaired) electrons. The predicted molar refractivity (Wildman–Crippen MR) is 71.3 cm³/mol. The molecule has 0 aliphatic rings. The molecule has 0 aliphatic carbocycles. The van der Waals surface area contributed by atoms with Crippen molar-refractivity contribution in [3.63, 3.8) is 0 Å². The molecule has 18 heavy (non-hydrogen) atoms. The summed E-state index contributed by atoms with van der Waals surface area (Å²) in [4.78, 5) is 3.97. The molecule has 2 rings (SSSR count). The van der Waals surface area contributed by atoms with Gasteiger partial charge in [0.2, 0.25) is 0 Å². The summed E-state index contributed by atoms with van der Waals surface area (Å²) in [6.07, 6.45) is 0. The standard InChI is InChI=1S/C12H6BrClFN3/c13-8-1-2-10(9(15)5-8)17-12-4-7(6-16)3-11(14)18-12/h1-5H,(H,17,18). The minimum Gasteiger partial charge on any atom is -0.338 e. The highest BCUT2D eigenvalue weighted by molar-refractivity contribution is 9.10. The molecule has 0 unspecified atom stereocenters. The van der Waals surface area contributed by atoms with Crippen molar-refractivity contribution in [3.8, 4) is 6.07 Å². The predicted octanol–water partition coefficient (Wildman–Crippen LogP) is 4.25. The van der Waals surface area contributed by atoms with Crippen LogP contribution in [0.1, 0.15) is 5.56 Å². The normalized spacial score (nSPS) is 9.89. The summed E-state index contributed by atoms with van der Waals surface area (Å²) in [5.41, 5.74) is 0.617. The number of aromatic nitrogens is 1. The van der Waals surface area contributed by atoms with Gasteiger partial charge in [0.25, 0.3) is 0 Å². The second-order valence-electron chi connectivity index (χ2n) is 3.42. The van der Waals surface area contributed by atoms with E-state index < -0.39 is 5.82 Å². The second-order valence-corrected chi connectivity index (χ2v) is 4.73. The zero-order valence-electron chi connectivity index (χ0n) is 8.92. The van der Waals surface area contributed by atoms with E-state index in [1.165, 1.54) is 18.2 Å². The van der Waals surface area contributed by atoms with Gasteiger partial charge in [0.1, 0.15) is 16.8 Å². The number of hydrogen-bond acceptors (Lipinski definition) is 3. The highest BCUT2D eigenvalue weighted by atomic mass is 79.9. The third-order valence-electron chi connectivity index (χ3n) is 2.12. The van der Waals surface area contributed by atoms with Gasteiger partial charge in [-0.05, 0) is 30.3 Å². The molecule has 0 aliphatic heterocycles. The van der Waals surface area contributed by atoms with Crippen molar-refractivity contribution >= 4 is 39.0 Å². The third-order valence-corrected chi connectivity index (χ3v) is 2.80. The van der Waals surface area contributed by atoms with Crippen LogP contribution in [0.4, 0.5) is 15.9 Å². The summed E-state index contributed by atoms with van der Waals surface area (Å²) in [6, 6.07) is 9.47. The first-order chi connectivity index (χ1) is 8.58. The minimum atomic E-state index is -0.426. The van der Waals surface area contributed by atoms with E-state index in [0.717, 1.165) is 0 Å². The largest absolute Gasteiger partial charge is 0.338 e. The van der Waals surface area contributed by atoms with Gasteiger partial charge in [0, 0.05) is 4.47 Å². The molecule has 3 nitrogen and oxygen atoms in total. The average molecular weight is 327 g/mol. The van der Waals surface area contributed by atoms with Crippen molar-refractivity contribution in [3.05, 3.63) is 51.3 Å². The average Bonchev–Trinajstić information content (AvgIpc) is 2.32. The maximum absolute atomic E-state index is 13.6. The van der Waals surface area contributed by atoms with Crippen LogP contribution in [0.3, 0.4) is 0 Å². The van der Waals surface area contributed by atoms with Gasteiger partial charge in [-0.25, -0.2) is 9.37 Å². The zero-order valence-corrected chi connectivity index (χ0v) is 11.3. The molecule has 0 saturated carbocycles. The summed E-state index contributed by atoms with van der Waals surface area (Å²) >= 11 is 8.93. The Balaban J connectivity index is 2.34. The Hall–Kier alpha value is -1.64. The number of rotatable bonds is 2. The van der Waals surface area contributed by atoms with Gasteiger partial charge >= 0.3 is 0 Å². The van der Waals surface area contributed by atoms with Crippen molar-refractivity contribution in [2.45, 2.75) is 0 Å². The lowest BCUT2D eigenvalue weighted by Gasteiger charge is -2.07. The molecule has 0 fully saturated rings. The molecule has 1 heterocycles. The van der Waals surface area contributed by atoms with Crippen LogP contribution in [0.15, 0.2) is 34.8 Å². The number of nitrogens with one attached hydrogen (secondary N) is 1. The van der Waals surface area contributed by atoms with E-state index in [2.05, 4.69) is 26.2 Å². The lowest BCUT2D eigenvalue weighted by atomic mass is 10.2. The van der Waals surface area contributed by atoms with Crippen LogP contribution < -0.4 is 5.32 Å². The lowest BCUT2D eigenvalue weighted by molar-refractivity contribution is 0.631. The van der Waals surface area contributed by atoms with Gasteiger partial charge in [0.05, 0.1) is 17.3 Å². The molecule has 2 aromatic rings. The Morgan fingerprint density at radius 2 is 2.11 bits per heavy atom. The van der Waals surface area contributed by atoms with Crippen LogP contribution in [-0.4, -0.2) is 4.98 Å². The van der Waals surface area contributed by atoms with Crippen LogP contribution in [0, 0.1) is 17.1 Å². The van der Waals surface area contributed by atoms with E-state index in [0.29, 0.717) is 15.9 Å². The molecular weight excluding hydrogens is 321 g/mol. The summed E-state index contributed by atoms with van der Waals surface area (Å²) in [5.74, 6) is -0.107. The van der Waals surface area contributed by atoms with E-state index in [4.69, 9.17) is 16.9 Å². The van der Waals surface area contributed by atoms with Gasteiger partial charge in [-0.15, -0.1) is 0 Å². The van der Waals surface area contributed by atoms with Crippen LogP contribution in [-0.2, 0) is 0 Å². The molecule has 0 amide bonds. The van der Waals surface area contributed by atoms with Gasteiger partial charge in [0.15, 0.2) is 0 Å². The fraction of sp³-hybridized carbons (Fsp3) is 0. The van der Waals surface area contributed by atoms with E-state index in [-0.39, 0.29) is 10.8 Å². The fourth-order valence-electron chi connectivity index (χ4n) is 1.35. The molecule has 6 heteroatoms. The minimum absolute atomic E-state index is 0.175. The van der Waals surface area contributed by atoms with E-state index >= 15 is 0 Å². The Bertz CT molecular complexity index is 640. The van der Waals surface area contributed by atoms with E-state index in [1.807, 2.05) is 6.07 Å². The monoisotopic (exact) mass is 325 g/mol. The zero-order chi connectivity index (χ0) is 13.1. The van der Waals surface area contributed by atoms with Gasteiger partial charge < -0.3 is 5.32 Å². The first-order valence-electron chi connectivity index (χ1n) is 4.88. The first kappa shape index (κ1) is 12.8. The van der Waals surface area contributed by atoms with Gasteiger partial charge in [-0.1, -0.05) is 27.5 Å². The number of nitriles is 1. The van der Waals surface area contributed by atoms with Crippen molar-refractivity contribution in [1.29, 1.82) is 5.26 Å². The molecule has 1 aromatic heterocycles. The highest BCUT2D eigenvalue weighted by Crippen LogP contribution is 2.23. The van der Waals surface area contributed by atoms with Crippen molar-refractivity contribution < 1.29 is 4.39 Å². The fourth-order valence-corrected chi connectivity index (χ4v) is 1.90. The quantitative estimate of drug-likeness (QED) is 0.839. The molecule has 0 atom stereocenters. The Kier molecular flexibility index (Phi) is 3.80. The van der Waals surface area contributed by atoms with Crippen LogP contribution in [0.2, 0.25) is 5.15 Å². The highest BCUT2D eigenvalue weighted by Gasteiger charge is 2.06. The summed E-state index contributed by atoms with van der Waals surface area (Å²) in [7, 11) is 0. The molecule has 90 valence electrons.